The van der Waals surface area contributed by atoms with E-state index < -0.39 is 55.1 Å². The zero-order chi connectivity index (χ0) is 25.0. The van der Waals surface area contributed by atoms with Crippen molar-refractivity contribution < 1.29 is 32.9 Å². The molecule has 0 bridgehead atoms. The highest BCUT2D eigenvalue weighted by Gasteiger charge is 2.45. The molecule has 184 valence electrons. The summed E-state index contributed by atoms with van der Waals surface area (Å²) < 4.78 is 32.8. The average Bonchev–Trinajstić information content (AvgIpc) is 2.90. The Hall–Kier alpha value is -2.36. The van der Waals surface area contributed by atoms with Crippen LogP contribution in [-0.4, -0.2) is 44.3 Å². The first kappa shape index (κ1) is 26.9. The molecule has 33 heavy (non-hydrogen) atoms. The molecule has 1 heterocycles. The highest BCUT2D eigenvalue weighted by atomic mass is 31.1. The third kappa shape index (κ3) is 6.59. The lowest BCUT2D eigenvalue weighted by atomic mass is 9.97. The summed E-state index contributed by atoms with van der Waals surface area (Å²) in [4.78, 5) is 50.3. The lowest BCUT2D eigenvalue weighted by Crippen LogP contribution is -2.47. The van der Waals surface area contributed by atoms with Crippen molar-refractivity contribution in [1.29, 1.82) is 0 Å². The minimum absolute atomic E-state index is 0.0780. The Balaban J connectivity index is 2.25. The Bertz CT molecular complexity index is 957. The molecular formula is C21H32N2O9P+. The van der Waals surface area contributed by atoms with E-state index in [0.717, 1.165) is 0 Å². The molecule has 0 fully saturated rings. The highest BCUT2D eigenvalue weighted by Crippen LogP contribution is 2.32. The van der Waals surface area contributed by atoms with Crippen LogP contribution in [0.4, 0.5) is 11.4 Å². The highest BCUT2D eigenvalue weighted by molar-refractivity contribution is 7.17. The predicted octanol–water partition coefficient (Wildman–Crippen LogP) is 2.06. The molecule has 2 rings (SSSR count). The van der Waals surface area contributed by atoms with Gasteiger partial charge in [-0.3, -0.25) is 23.9 Å². The minimum atomic E-state index is -2.14. The Morgan fingerprint density at radius 1 is 1.03 bits per heavy atom. The number of nitrogens with zero attached hydrogens (tertiary/aromatic N) is 1. The van der Waals surface area contributed by atoms with Crippen molar-refractivity contribution in [2.24, 2.45) is 10.8 Å². The average molecular weight is 487 g/mol. The van der Waals surface area contributed by atoms with Gasteiger partial charge in [-0.15, -0.1) is 0 Å². The molecule has 0 amide bonds. The van der Waals surface area contributed by atoms with Crippen LogP contribution in [0.3, 0.4) is 0 Å². The van der Waals surface area contributed by atoms with Crippen LogP contribution < -0.4 is 21.1 Å². The summed E-state index contributed by atoms with van der Waals surface area (Å²) in [6.45, 7) is 10.3. The molecule has 11 nitrogen and oxygen atoms in total. The van der Waals surface area contributed by atoms with Crippen LogP contribution in [0.1, 0.15) is 54.4 Å². The lowest BCUT2D eigenvalue weighted by Gasteiger charge is -2.32. The van der Waals surface area contributed by atoms with Crippen molar-refractivity contribution >= 4 is 32.0 Å². The van der Waals surface area contributed by atoms with Gasteiger partial charge in [-0.05, 0) is 52.5 Å². The number of fused-ring (bicyclic) bond motifs is 1. The van der Waals surface area contributed by atoms with Crippen LogP contribution in [0.2, 0.25) is 0 Å². The number of nitrogens with one attached hydrogen (secondary N) is 1. The van der Waals surface area contributed by atoms with Gasteiger partial charge in [0.15, 0.2) is 6.79 Å². The first-order valence-corrected chi connectivity index (χ1v) is 11.5. The Kier molecular flexibility index (Phi) is 8.37. The van der Waals surface area contributed by atoms with E-state index in [1.54, 1.807) is 46.4 Å². The van der Waals surface area contributed by atoms with Crippen LogP contribution in [0, 0.1) is 10.8 Å². The number of ether oxygens (including phenoxy) is 3. The molecule has 0 aromatic heterocycles. The van der Waals surface area contributed by atoms with Gasteiger partial charge in [-0.25, -0.2) is 0 Å². The fourth-order valence-corrected chi connectivity index (χ4v) is 3.27. The summed E-state index contributed by atoms with van der Waals surface area (Å²) in [6.07, 6.45) is 0.478. The Morgan fingerprint density at radius 3 is 2.24 bits per heavy atom. The van der Waals surface area contributed by atoms with Crippen LogP contribution in [0.5, 0.6) is 0 Å². The molecule has 0 saturated heterocycles. The summed E-state index contributed by atoms with van der Waals surface area (Å²) in [6, 6.07) is 0. The lowest BCUT2D eigenvalue weighted by molar-refractivity contribution is -0.346. The SMILES string of the molecule is CC(C)(C)C(=O)OCOC(CCN1CCCNc2c1c(=O)c2=O)(O[PH+]=O)OC(=O)C(C)(C)C. The number of anilines is 2. The molecular weight excluding hydrogens is 455 g/mol. The van der Waals surface area contributed by atoms with E-state index in [1.807, 2.05) is 0 Å². The van der Waals surface area contributed by atoms with E-state index in [2.05, 4.69) is 5.32 Å². The summed E-state index contributed by atoms with van der Waals surface area (Å²) in [5.41, 5.74) is -2.43. The van der Waals surface area contributed by atoms with E-state index >= 15 is 0 Å². The zero-order valence-corrected chi connectivity index (χ0v) is 20.9. The molecule has 1 aliphatic heterocycles. The van der Waals surface area contributed by atoms with E-state index in [9.17, 15) is 23.7 Å². The summed E-state index contributed by atoms with van der Waals surface area (Å²) in [5, 5.41) is 2.94. The van der Waals surface area contributed by atoms with Crippen molar-refractivity contribution in [3.05, 3.63) is 20.4 Å². The largest absolute Gasteiger partial charge is 0.500 e. The maximum Gasteiger partial charge on any atom is 0.500 e. The number of rotatable bonds is 9. The van der Waals surface area contributed by atoms with Crippen molar-refractivity contribution in [3.8, 4) is 0 Å². The van der Waals surface area contributed by atoms with Gasteiger partial charge in [0.05, 0.1) is 17.3 Å². The number of carbonyl (C=O) groups excluding carboxylic acids is 2. The molecule has 1 aromatic carbocycles. The summed E-state index contributed by atoms with van der Waals surface area (Å²) in [7, 11) is -1.36. The Labute approximate surface area is 193 Å². The van der Waals surface area contributed by atoms with Gasteiger partial charge in [0.25, 0.3) is 10.9 Å². The molecule has 2 atom stereocenters. The van der Waals surface area contributed by atoms with Gasteiger partial charge >= 0.3 is 26.6 Å². The van der Waals surface area contributed by atoms with Gasteiger partial charge in [0, 0.05) is 19.6 Å². The van der Waals surface area contributed by atoms with Gasteiger partial charge in [0.2, 0.25) is 0 Å². The first-order valence-electron chi connectivity index (χ1n) is 10.6. The first-order chi connectivity index (χ1) is 15.2. The summed E-state index contributed by atoms with van der Waals surface area (Å²) >= 11 is 0. The zero-order valence-electron chi connectivity index (χ0n) is 19.9. The maximum absolute atomic E-state index is 12.6. The van der Waals surface area contributed by atoms with E-state index in [-0.39, 0.29) is 24.3 Å². The molecule has 2 unspecified atom stereocenters. The van der Waals surface area contributed by atoms with Gasteiger partial charge in [-0.2, -0.15) is 0 Å². The van der Waals surface area contributed by atoms with Crippen molar-refractivity contribution in [1.82, 2.24) is 0 Å². The number of hydrogen-bond donors (Lipinski definition) is 1. The smallest absolute Gasteiger partial charge is 0.438 e. The standard InChI is InChI=1S/C21H31N2O9P/c1-19(2,3)17(26)29-12-30-21(32-33-28,31-18(27)20(4,5)6)8-11-23-10-7-9-22-13-14(23)16(25)15(13)24/h33H,7-12H2,1-6H3/p+1. The Morgan fingerprint density at radius 2 is 1.67 bits per heavy atom. The molecule has 0 aliphatic carbocycles. The van der Waals surface area contributed by atoms with Gasteiger partial charge in [-0.1, -0.05) is 4.52 Å². The molecule has 1 aromatic rings. The van der Waals surface area contributed by atoms with Crippen molar-refractivity contribution in [3.63, 3.8) is 0 Å². The maximum atomic E-state index is 12.6. The number of esters is 2. The van der Waals surface area contributed by atoms with Crippen LogP contribution in [0.15, 0.2) is 9.59 Å². The fraction of sp³-hybridized carbons (Fsp3) is 0.714. The molecule has 0 spiro atoms. The minimum Gasteiger partial charge on any atom is -0.438 e. The van der Waals surface area contributed by atoms with Crippen molar-refractivity contribution in [2.75, 3.05) is 36.6 Å². The van der Waals surface area contributed by atoms with Crippen LogP contribution in [-0.2, 0) is 32.9 Å². The predicted molar refractivity (Wildman–Crippen MR) is 121 cm³/mol. The second-order valence-electron chi connectivity index (χ2n) is 9.85. The van der Waals surface area contributed by atoms with Crippen molar-refractivity contribution in [2.45, 2.75) is 60.4 Å². The molecule has 0 radical (unpaired) electrons. The fourth-order valence-electron chi connectivity index (χ4n) is 2.94. The third-order valence-corrected chi connectivity index (χ3v) is 5.33. The molecule has 0 saturated carbocycles. The molecule has 1 aliphatic rings. The second-order valence-corrected chi connectivity index (χ2v) is 10.2. The van der Waals surface area contributed by atoms with Crippen LogP contribution in [0.25, 0.3) is 0 Å². The normalized spacial score (nSPS) is 16.5. The molecule has 12 heteroatoms. The monoisotopic (exact) mass is 487 g/mol. The topological polar surface area (TPSA) is 138 Å². The number of carbonyl (C=O) groups is 2. The van der Waals surface area contributed by atoms with E-state index in [1.165, 1.54) is 0 Å². The van der Waals surface area contributed by atoms with Gasteiger partial charge < -0.3 is 19.7 Å². The second kappa shape index (κ2) is 10.3. The quantitative estimate of drug-likeness (QED) is 0.237. The number of hydrogen-bond acceptors (Lipinski definition) is 11. The van der Waals surface area contributed by atoms with E-state index in [0.29, 0.717) is 19.5 Å². The van der Waals surface area contributed by atoms with Gasteiger partial charge in [0.1, 0.15) is 11.4 Å². The third-order valence-electron chi connectivity index (χ3n) is 4.93. The summed E-state index contributed by atoms with van der Waals surface area (Å²) in [5.74, 6) is -3.40. The van der Waals surface area contributed by atoms with Crippen LogP contribution >= 0.6 is 8.69 Å². The molecule has 1 N–H and O–H groups in total. The van der Waals surface area contributed by atoms with E-state index in [4.69, 9.17) is 18.7 Å².